The number of pyridine rings is 1. The summed E-state index contributed by atoms with van der Waals surface area (Å²) in [5, 5.41) is 15.3. The fourth-order valence-electron chi connectivity index (χ4n) is 3.94. The first-order valence-corrected chi connectivity index (χ1v) is 10.4. The molecule has 0 unspecified atom stereocenters. The van der Waals surface area contributed by atoms with Crippen molar-refractivity contribution in [1.29, 1.82) is 0 Å². The summed E-state index contributed by atoms with van der Waals surface area (Å²) < 4.78 is 1.93. The predicted octanol–water partition coefficient (Wildman–Crippen LogP) is 2.73. The van der Waals surface area contributed by atoms with Gasteiger partial charge in [-0.2, -0.15) is 10.2 Å². The Morgan fingerprint density at radius 2 is 1.97 bits per heavy atom. The summed E-state index contributed by atoms with van der Waals surface area (Å²) in [6, 6.07) is 4.08. The van der Waals surface area contributed by atoms with E-state index < -0.39 is 0 Å². The van der Waals surface area contributed by atoms with E-state index in [4.69, 9.17) is 0 Å². The van der Waals surface area contributed by atoms with Crippen LogP contribution in [0.5, 0.6) is 0 Å². The van der Waals surface area contributed by atoms with Crippen molar-refractivity contribution in [2.24, 2.45) is 0 Å². The summed E-state index contributed by atoms with van der Waals surface area (Å²) in [6.45, 7) is 8.65. The topological polar surface area (TPSA) is 125 Å². The fourth-order valence-corrected chi connectivity index (χ4v) is 3.94. The number of H-pyrrole nitrogens is 2. The minimum Gasteiger partial charge on any atom is -0.339 e. The number of aromatic nitrogens is 6. The van der Waals surface area contributed by atoms with E-state index in [1.165, 1.54) is 0 Å². The van der Waals surface area contributed by atoms with Crippen molar-refractivity contribution in [1.82, 2.24) is 34.8 Å². The van der Waals surface area contributed by atoms with Gasteiger partial charge in [0.05, 0.1) is 29.3 Å². The quantitative estimate of drug-likeness (QED) is 0.457. The first-order chi connectivity index (χ1) is 15.3. The molecule has 1 aliphatic rings. The van der Waals surface area contributed by atoms with Gasteiger partial charge in [-0.3, -0.25) is 19.4 Å². The molecular formula is C22H24N8O2. The molecule has 4 aromatic rings. The zero-order valence-electron chi connectivity index (χ0n) is 18.4. The van der Waals surface area contributed by atoms with Gasteiger partial charge in [0.1, 0.15) is 5.65 Å². The summed E-state index contributed by atoms with van der Waals surface area (Å²) in [7, 11) is 0. The van der Waals surface area contributed by atoms with Crippen molar-refractivity contribution < 1.29 is 9.59 Å². The standard InChI is InChI=1S/C22H24N8O2/c1-11-12(2)26-27-20(11)22(32)24-16-5-15-6-19(25-21(15)23-7-16)18-10-30(28-13(18)3)17-8-29(9-17)14(4)31/h5-7,10,17H,8-9H2,1-4H3,(H,23,25)(H,24,32)(H,26,27). The normalized spacial score (nSPS) is 14.1. The Hall–Kier alpha value is -3.95. The third-order valence-electron chi connectivity index (χ3n) is 6.08. The molecule has 10 nitrogen and oxygen atoms in total. The zero-order valence-corrected chi connectivity index (χ0v) is 18.4. The number of likely N-dealkylation sites (tertiary alicyclic amines) is 1. The Bertz CT molecular complexity index is 1360. The second-order valence-electron chi connectivity index (χ2n) is 8.31. The zero-order chi connectivity index (χ0) is 22.6. The Kier molecular flexibility index (Phi) is 4.58. The molecule has 0 radical (unpaired) electrons. The lowest BCUT2D eigenvalue weighted by Crippen LogP contribution is -2.50. The van der Waals surface area contributed by atoms with Gasteiger partial charge in [-0.1, -0.05) is 0 Å². The van der Waals surface area contributed by atoms with Crippen LogP contribution < -0.4 is 5.32 Å². The van der Waals surface area contributed by atoms with Crippen LogP contribution in [0.3, 0.4) is 0 Å². The molecule has 5 rings (SSSR count). The Balaban J connectivity index is 1.37. The van der Waals surface area contributed by atoms with Crippen LogP contribution in [0.25, 0.3) is 22.3 Å². The molecule has 32 heavy (non-hydrogen) atoms. The maximum Gasteiger partial charge on any atom is 0.276 e. The number of anilines is 1. The summed E-state index contributed by atoms with van der Waals surface area (Å²) in [5.74, 6) is -0.187. The summed E-state index contributed by atoms with van der Waals surface area (Å²) in [6.07, 6.45) is 3.63. The van der Waals surface area contributed by atoms with Crippen molar-refractivity contribution in [2.45, 2.75) is 33.7 Å². The number of hydrogen-bond acceptors (Lipinski definition) is 5. The molecule has 0 atom stereocenters. The average molecular weight is 432 g/mol. The molecule has 0 bridgehead atoms. The van der Waals surface area contributed by atoms with E-state index >= 15 is 0 Å². The smallest absolute Gasteiger partial charge is 0.276 e. The highest BCUT2D eigenvalue weighted by Gasteiger charge is 2.31. The number of aryl methyl sites for hydroxylation is 2. The molecule has 1 fully saturated rings. The van der Waals surface area contributed by atoms with Gasteiger partial charge >= 0.3 is 0 Å². The average Bonchev–Trinajstić information content (AvgIpc) is 3.37. The molecule has 5 heterocycles. The first-order valence-electron chi connectivity index (χ1n) is 10.4. The molecular weight excluding hydrogens is 408 g/mol. The number of aromatic amines is 2. The fraction of sp³-hybridized carbons (Fsp3) is 0.318. The highest BCUT2D eigenvalue weighted by molar-refractivity contribution is 6.04. The third kappa shape index (κ3) is 3.33. The minimum absolute atomic E-state index is 0.0903. The molecule has 0 aliphatic carbocycles. The third-order valence-corrected chi connectivity index (χ3v) is 6.08. The molecule has 1 aliphatic heterocycles. The lowest BCUT2D eigenvalue weighted by atomic mass is 10.1. The number of rotatable bonds is 4. The first kappa shape index (κ1) is 20.0. The minimum atomic E-state index is -0.277. The van der Waals surface area contributed by atoms with Crippen molar-refractivity contribution in [3.8, 4) is 11.3 Å². The van der Waals surface area contributed by atoms with Gasteiger partial charge in [0.2, 0.25) is 5.91 Å². The Morgan fingerprint density at radius 1 is 1.19 bits per heavy atom. The van der Waals surface area contributed by atoms with Crippen LogP contribution in [0.4, 0.5) is 5.69 Å². The van der Waals surface area contributed by atoms with E-state index in [9.17, 15) is 9.59 Å². The molecule has 0 aromatic carbocycles. The summed E-state index contributed by atoms with van der Waals surface area (Å²) in [4.78, 5) is 33.6. The van der Waals surface area contributed by atoms with Crippen LogP contribution >= 0.6 is 0 Å². The van der Waals surface area contributed by atoms with Gasteiger partial charge in [0, 0.05) is 48.4 Å². The highest BCUT2D eigenvalue weighted by Crippen LogP contribution is 2.29. The van der Waals surface area contributed by atoms with E-state index in [1.807, 2.05) is 43.8 Å². The van der Waals surface area contributed by atoms with E-state index in [-0.39, 0.29) is 17.9 Å². The number of hydrogen-bond donors (Lipinski definition) is 3. The number of nitrogens with one attached hydrogen (secondary N) is 3. The van der Waals surface area contributed by atoms with E-state index in [2.05, 4.69) is 30.6 Å². The van der Waals surface area contributed by atoms with Gasteiger partial charge in [-0.25, -0.2) is 4.98 Å². The van der Waals surface area contributed by atoms with E-state index in [0.717, 1.165) is 39.2 Å². The van der Waals surface area contributed by atoms with Gasteiger partial charge in [0.25, 0.3) is 5.91 Å². The molecule has 0 spiro atoms. The van der Waals surface area contributed by atoms with Crippen LogP contribution in [0.1, 0.15) is 40.4 Å². The van der Waals surface area contributed by atoms with Crippen LogP contribution in [0.2, 0.25) is 0 Å². The lowest BCUT2D eigenvalue weighted by Gasteiger charge is -2.38. The second kappa shape index (κ2) is 7.33. The molecule has 1 saturated heterocycles. The van der Waals surface area contributed by atoms with Crippen LogP contribution in [-0.2, 0) is 4.79 Å². The molecule has 10 heteroatoms. The molecule has 3 N–H and O–H groups in total. The maximum absolute atomic E-state index is 12.6. The number of carbonyl (C=O) groups is 2. The van der Waals surface area contributed by atoms with E-state index in [1.54, 1.807) is 18.0 Å². The van der Waals surface area contributed by atoms with Gasteiger partial charge in [-0.05, 0) is 32.9 Å². The van der Waals surface area contributed by atoms with Crippen LogP contribution in [0.15, 0.2) is 24.5 Å². The molecule has 164 valence electrons. The maximum atomic E-state index is 12.6. The Labute approximate surface area is 184 Å². The predicted molar refractivity (Wildman–Crippen MR) is 119 cm³/mol. The Morgan fingerprint density at radius 3 is 2.66 bits per heavy atom. The van der Waals surface area contributed by atoms with Gasteiger partial charge in [-0.15, -0.1) is 0 Å². The van der Waals surface area contributed by atoms with Crippen molar-refractivity contribution in [2.75, 3.05) is 18.4 Å². The molecule has 4 aromatic heterocycles. The second-order valence-corrected chi connectivity index (χ2v) is 8.31. The molecule has 2 amide bonds. The number of amides is 2. The summed E-state index contributed by atoms with van der Waals surface area (Å²) in [5.41, 5.74) is 6.17. The number of fused-ring (bicyclic) bond motifs is 1. The van der Waals surface area contributed by atoms with Gasteiger partial charge in [0.15, 0.2) is 5.69 Å². The van der Waals surface area contributed by atoms with Crippen molar-refractivity contribution >= 4 is 28.5 Å². The van der Waals surface area contributed by atoms with Crippen molar-refractivity contribution in [3.05, 3.63) is 47.2 Å². The highest BCUT2D eigenvalue weighted by atomic mass is 16.2. The number of nitrogens with zero attached hydrogens (tertiary/aromatic N) is 5. The largest absolute Gasteiger partial charge is 0.339 e. The van der Waals surface area contributed by atoms with Gasteiger partial charge < -0.3 is 15.2 Å². The monoisotopic (exact) mass is 432 g/mol. The van der Waals surface area contributed by atoms with Crippen molar-refractivity contribution in [3.63, 3.8) is 0 Å². The number of carbonyl (C=O) groups excluding carboxylic acids is 2. The SMILES string of the molecule is CC(=O)N1CC(n2cc(-c3cc4cc(NC(=O)c5n[nH]c(C)c5C)cnc4[nH]3)c(C)n2)C1. The van der Waals surface area contributed by atoms with E-state index in [0.29, 0.717) is 24.5 Å². The van der Waals surface area contributed by atoms with Crippen LogP contribution in [0, 0.1) is 20.8 Å². The molecule has 0 saturated carbocycles. The summed E-state index contributed by atoms with van der Waals surface area (Å²) >= 11 is 0. The lowest BCUT2D eigenvalue weighted by molar-refractivity contribution is -0.134. The van der Waals surface area contributed by atoms with Crippen LogP contribution in [-0.4, -0.2) is 59.7 Å².